The first kappa shape index (κ1) is 22.8. The van der Waals surface area contributed by atoms with Crippen LogP contribution in [-0.2, 0) is 19.6 Å². The number of ketones is 1. The number of anilines is 1. The van der Waals surface area contributed by atoms with Crippen LogP contribution in [0.4, 0.5) is 5.69 Å². The molecule has 156 valence electrons. The molecule has 2 aromatic rings. The number of nitrogens with one attached hydrogen (secondary N) is 2. The summed E-state index contributed by atoms with van der Waals surface area (Å²) in [6.07, 6.45) is 0. The summed E-state index contributed by atoms with van der Waals surface area (Å²) >= 11 is 6.08. The molecule has 0 saturated carbocycles. The summed E-state index contributed by atoms with van der Waals surface area (Å²) in [5.74, 6) is -0.411. The van der Waals surface area contributed by atoms with Gasteiger partial charge in [-0.25, -0.2) is 13.1 Å². The summed E-state index contributed by atoms with van der Waals surface area (Å²) in [6.45, 7) is 1.45. The minimum absolute atomic E-state index is 0.0311. The molecule has 0 spiro atoms. The number of ether oxygens (including phenoxy) is 2. The van der Waals surface area contributed by atoms with Crippen molar-refractivity contribution in [3.05, 3.63) is 53.1 Å². The molecule has 0 radical (unpaired) electrons. The van der Waals surface area contributed by atoms with Crippen LogP contribution in [0.25, 0.3) is 0 Å². The normalized spacial score (nSPS) is 11.1. The fourth-order valence-corrected chi connectivity index (χ4v) is 3.62. The average Bonchev–Trinajstić information content (AvgIpc) is 2.67. The van der Waals surface area contributed by atoms with Crippen LogP contribution in [0.1, 0.15) is 17.3 Å². The SMILES string of the molecule is COCCNS(=O)(=O)c1ccc(OCC(=O)Nc2cccc(C(C)=O)c2)c(Cl)c1. The lowest BCUT2D eigenvalue weighted by Gasteiger charge is -2.11. The highest BCUT2D eigenvalue weighted by Crippen LogP contribution is 2.27. The number of halogens is 1. The Labute approximate surface area is 174 Å². The lowest BCUT2D eigenvalue weighted by Crippen LogP contribution is -2.27. The summed E-state index contributed by atoms with van der Waals surface area (Å²) in [4.78, 5) is 23.4. The monoisotopic (exact) mass is 440 g/mol. The molecule has 0 aliphatic rings. The zero-order valence-corrected chi connectivity index (χ0v) is 17.5. The van der Waals surface area contributed by atoms with Crippen molar-refractivity contribution < 1.29 is 27.5 Å². The fourth-order valence-electron chi connectivity index (χ4n) is 2.28. The maximum absolute atomic E-state index is 12.2. The van der Waals surface area contributed by atoms with E-state index in [0.717, 1.165) is 0 Å². The highest BCUT2D eigenvalue weighted by molar-refractivity contribution is 7.89. The predicted molar refractivity (Wildman–Crippen MR) is 109 cm³/mol. The number of carbonyl (C=O) groups excluding carboxylic acids is 2. The van der Waals surface area contributed by atoms with Gasteiger partial charge in [0.1, 0.15) is 5.75 Å². The molecule has 29 heavy (non-hydrogen) atoms. The lowest BCUT2D eigenvalue weighted by molar-refractivity contribution is -0.118. The van der Waals surface area contributed by atoms with Crippen LogP contribution in [0.3, 0.4) is 0 Å². The van der Waals surface area contributed by atoms with Gasteiger partial charge in [-0.05, 0) is 37.3 Å². The van der Waals surface area contributed by atoms with Gasteiger partial charge in [0, 0.05) is 24.9 Å². The Balaban J connectivity index is 1.97. The number of sulfonamides is 1. The van der Waals surface area contributed by atoms with Crippen molar-refractivity contribution in [1.29, 1.82) is 0 Å². The summed E-state index contributed by atoms with van der Waals surface area (Å²) in [5, 5.41) is 2.66. The maximum atomic E-state index is 12.2. The van der Waals surface area contributed by atoms with Crippen LogP contribution in [0.2, 0.25) is 5.02 Å². The molecule has 10 heteroatoms. The second kappa shape index (κ2) is 10.4. The van der Waals surface area contributed by atoms with Gasteiger partial charge in [0.2, 0.25) is 10.0 Å². The van der Waals surface area contributed by atoms with Crippen LogP contribution < -0.4 is 14.8 Å². The number of hydrogen-bond acceptors (Lipinski definition) is 6. The Morgan fingerprint density at radius 2 is 1.90 bits per heavy atom. The van der Waals surface area contributed by atoms with Gasteiger partial charge in [0.25, 0.3) is 5.91 Å². The minimum Gasteiger partial charge on any atom is -0.482 e. The van der Waals surface area contributed by atoms with E-state index in [9.17, 15) is 18.0 Å². The molecule has 1 amide bonds. The molecule has 0 fully saturated rings. The Morgan fingerprint density at radius 3 is 2.55 bits per heavy atom. The van der Waals surface area contributed by atoms with Crippen molar-refractivity contribution in [1.82, 2.24) is 4.72 Å². The average molecular weight is 441 g/mol. The molecule has 0 aromatic heterocycles. The number of amides is 1. The van der Waals surface area contributed by atoms with Crippen molar-refractivity contribution in [3.63, 3.8) is 0 Å². The molecule has 2 aromatic carbocycles. The smallest absolute Gasteiger partial charge is 0.262 e. The molecule has 0 aliphatic heterocycles. The number of Topliss-reactive ketones (excluding diaryl/α,β-unsaturated/α-hetero) is 1. The fraction of sp³-hybridized carbons (Fsp3) is 0.263. The Morgan fingerprint density at radius 1 is 1.14 bits per heavy atom. The van der Waals surface area contributed by atoms with Gasteiger partial charge in [-0.1, -0.05) is 23.7 Å². The molecule has 0 unspecified atom stereocenters. The van der Waals surface area contributed by atoms with Crippen molar-refractivity contribution in [3.8, 4) is 5.75 Å². The van der Waals surface area contributed by atoms with E-state index in [-0.39, 0.29) is 41.2 Å². The van der Waals surface area contributed by atoms with Crippen molar-refractivity contribution in [2.75, 3.05) is 32.2 Å². The van der Waals surface area contributed by atoms with E-state index in [0.29, 0.717) is 11.3 Å². The van der Waals surface area contributed by atoms with Crippen molar-refractivity contribution >= 4 is 39.0 Å². The van der Waals surface area contributed by atoms with Gasteiger partial charge in [0.05, 0.1) is 16.5 Å². The van der Waals surface area contributed by atoms with Crippen LogP contribution in [0.15, 0.2) is 47.4 Å². The summed E-state index contributed by atoms with van der Waals surface area (Å²) in [6, 6.07) is 10.4. The third-order valence-electron chi connectivity index (χ3n) is 3.72. The second-order valence-electron chi connectivity index (χ2n) is 5.96. The number of rotatable bonds is 10. The third kappa shape index (κ3) is 6.82. The van der Waals surface area contributed by atoms with Crippen LogP contribution in [0, 0.1) is 0 Å². The van der Waals surface area contributed by atoms with Gasteiger partial charge < -0.3 is 14.8 Å². The quantitative estimate of drug-likeness (QED) is 0.433. The highest BCUT2D eigenvalue weighted by atomic mass is 35.5. The van der Waals surface area contributed by atoms with Gasteiger partial charge in [-0.3, -0.25) is 9.59 Å². The maximum Gasteiger partial charge on any atom is 0.262 e. The molecule has 0 bridgehead atoms. The molecular weight excluding hydrogens is 420 g/mol. The largest absolute Gasteiger partial charge is 0.482 e. The van der Waals surface area contributed by atoms with E-state index in [2.05, 4.69) is 10.0 Å². The first-order chi connectivity index (χ1) is 13.7. The van der Waals surface area contributed by atoms with Crippen LogP contribution in [0.5, 0.6) is 5.75 Å². The lowest BCUT2D eigenvalue weighted by atomic mass is 10.1. The zero-order valence-electron chi connectivity index (χ0n) is 15.9. The summed E-state index contributed by atoms with van der Waals surface area (Å²) in [7, 11) is -2.27. The van der Waals surface area contributed by atoms with Gasteiger partial charge in [-0.2, -0.15) is 0 Å². The summed E-state index contributed by atoms with van der Waals surface area (Å²) < 4.78 is 36.9. The molecule has 0 atom stereocenters. The van der Waals surface area contributed by atoms with E-state index in [1.807, 2.05) is 0 Å². The van der Waals surface area contributed by atoms with Gasteiger partial charge in [-0.15, -0.1) is 0 Å². The molecule has 0 heterocycles. The van der Waals surface area contributed by atoms with E-state index in [1.54, 1.807) is 24.3 Å². The standard InChI is InChI=1S/C19H21ClN2O6S/c1-13(23)14-4-3-5-15(10-14)22-19(24)12-28-18-7-6-16(11-17(18)20)29(25,26)21-8-9-27-2/h3-7,10-11,21H,8-9,12H2,1-2H3,(H,22,24). The minimum atomic E-state index is -3.73. The first-order valence-electron chi connectivity index (χ1n) is 8.55. The number of benzene rings is 2. The van der Waals surface area contributed by atoms with E-state index in [4.69, 9.17) is 21.1 Å². The molecule has 2 N–H and O–H groups in total. The van der Waals surface area contributed by atoms with Gasteiger partial charge in [0.15, 0.2) is 12.4 Å². The van der Waals surface area contributed by atoms with E-state index >= 15 is 0 Å². The molecule has 8 nitrogen and oxygen atoms in total. The Hall–Kier alpha value is -2.46. The highest BCUT2D eigenvalue weighted by Gasteiger charge is 2.16. The number of carbonyl (C=O) groups is 2. The van der Waals surface area contributed by atoms with Gasteiger partial charge >= 0.3 is 0 Å². The molecule has 0 saturated heterocycles. The molecular formula is C19H21ClN2O6S. The van der Waals surface area contributed by atoms with Crippen molar-refractivity contribution in [2.24, 2.45) is 0 Å². The van der Waals surface area contributed by atoms with Crippen LogP contribution in [-0.4, -0.2) is 47.0 Å². The van der Waals surface area contributed by atoms with E-state index < -0.39 is 15.9 Å². The van der Waals surface area contributed by atoms with Crippen molar-refractivity contribution in [2.45, 2.75) is 11.8 Å². The Bertz CT molecular complexity index is 994. The third-order valence-corrected chi connectivity index (χ3v) is 5.48. The first-order valence-corrected chi connectivity index (χ1v) is 10.4. The summed E-state index contributed by atoms with van der Waals surface area (Å²) in [5.41, 5.74) is 0.934. The topological polar surface area (TPSA) is 111 Å². The second-order valence-corrected chi connectivity index (χ2v) is 8.13. The molecule has 2 rings (SSSR count). The molecule has 0 aliphatic carbocycles. The van der Waals surface area contributed by atoms with Crippen LogP contribution >= 0.6 is 11.6 Å². The van der Waals surface area contributed by atoms with E-state index in [1.165, 1.54) is 32.2 Å². The Kier molecular flexibility index (Phi) is 8.15. The number of hydrogen-bond donors (Lipinski definition) is 2. The predicted octanol–water partition coefficient (Wildman–Crippen LogP) is 2.48. The zero-order chi connectivity index (χ0) is 21.4. The number of methoxy groups -OCH3 is 1.